The Morgan fingerprint density at radius 3 is 2.27 bits per heavy atom. The highest BCUT2D eigenvalue weighted by atomic mass is 19.4. The summed E-state index contributed by atoms with van der Waals surface area (Å²) in [4.78, 5) is 21.1. The van der Waals surface area contributed by atoms with E-state index in [-0.39, 0.29) is 6.42 Å². The second kappa shape index (κ2) is 8.56. The number of hydrogen-bond donors (Lipinski definition) is 1. The number of hydrogen-bond acceptors (Lipinski definition) is 2. The summed E-state index contributed by atoms with van der Waals surface area (Å²) >= 11 is 0. The predicted molar refractivity (Wildman–Crippen MR) is 75.5 cm³/mol. The number of ketones is 1. The fourth-order valence-electron chi connectivity index (χ4n) is 2.16. The summed E-state index contributed by atoms with van der Waals surface area (Å²) in [5, 5.41) is 8.40. The molecule has 0 saturated carbocycles. The topological polar surface area (TPSA) is 54.4 Å². The van der Waals surface area contributed by atoms with Gasteiger partial charge in [-0.1, -0.05) is 37.5 Å². The van der Waals surface area contributed by atoms with E-state index in [1.165, 1.54) is 12.1 Å². The number of aliphatic carboxylic acids is 1. The van der Waals surface area contributed by atoms with E-state index in [4.69, 9.17) is 5.11 Å². The zero-order chi connectivity index (χ0) is 16.6. The van der Waals surface area contributed by atoms with Crippen molar-refractivity contribution in [3.05, 3.63) is 35.4 Å². The molecule has 0 amide bonds. The first-order chi connectivity index (χ1) is 10.3. The number of carbonyl (C=O) groups is 2. The minimum atomic E-state index is -4.31. The summed E-state index contributed by atoms with van der Waals surface area (Å²) in [5.74, 6) is -2.17. The predicted octanol–water partition coefficient (Wildman–Crippen LogP) is 4.24. The van der Waals surface area contributed by atoms with Crippen LogP contribution in [-0.2, 0) is 22.2 Å². The second-order valence-electron chi connectivity index (χ2n) is 5.19. The van der Waals surface area contributed by atoms with Crippen LogP contribution in [-0.4, -0.2) is 16.9 Å². The van der Waals surface area contributed by atoms with Gasteiger partial charge in [-0.15, -0.1) is 0 Å². The molecule has 6 heteroatoms. The SMILES string of the molecule is O=C(O)C(=O)CCCCCCCc1cccc(C(F)(F)F)c1. The smallest absolute Gasteiger partial charge is 0.416 e. The molecule has 1 aromatic carbocycles. The summed E-state index contributed by atoms with van der Waals surface area (Å²) in [6, 6.07) is 5.32. The van der Waals surface area contributed by atoms with Gasteiger partial charge in [-0.3, -0.25) is 4.79 Å². The zero-order valence-electron chi connectivity index (χ0n) is 12.2. The lowest BCUT2D eigenvalue weighted by atomic mass is 10.0. The Hall–Kier alpha value is -1.85. The lowest BCUT2D eigenvalue weighted by molar-refractivity contribution is -0.149. The maximum Gasteiger partial charge on any atom is 0.416 e. The number of rotatable bonds is 9. The van der Waals surface area contributed by atoms with E-state index in [0.29, 0.717) is 18.4 Å². The largest absolute Gasteiger partial charge is 0.476 e. The monoisotopic (exact) mass is 316 g/mol. The van der Waals surface area contributed by atoms with E-state index in [1.807, 2.05) is 0 Å². The molecule has 0 bridgehead atoms. The molecule has 0 aliphatic heterocycles. The number of halogens is 3. The quantitative estimate of drug-likeness (QED) is 0.547. The molecule has 0 aromatic heterocycles. The van der Waals surface area contributed by atoms with E-state index in [2.05, 4.69) is 0 Å². The Balaban J connectivity index is 2.20. The van der Waals surface area contributed by atoms with E-state index in [0.717, 1.165) is 31.7 Å². The van der Waals surface area contributed by atoms with Crippen molar-refractivity contribution in [3.63, 3.8) is 0 Å². The fraction of sp³-hybridized carbons (Fsp3) is 0.500. The van der Waals surface area contributed by atoms with Crippen LogP contribution in [0.1, 0.15) is 49.7 Å². The van der Waals surface area contributed by atoms with Crippen molar-refractivity contribution in [1.29, 1.82) is 0 Å². The molecule has 22 heavy (non-hydrogen) atoms. The molecule has 0 fully saturated rings. The van der Waals surface area contributed by atoms with Crippen LogP contribution in [0.4, 0.5) is 13.2 Å². The minimum absolute atomic E-state index is 0.0446. The lowest BCUT2D eigenvalue weighted by Gasteiger charge is -2.08. The van der Waals surface area contributed by atoms with Gasteiger partial charge in [0.15, 0.2) is 0 Å². The fourth-order valence-corrected chi connectivity index (χ4v) is 2.16. The second-order valence-corrected chi connectivity index (χ2v) is 5.19. The Labute approximate surface area is 127 Å². The standard InChI is InChI=1S/C16H19F3O3/c17-16(18,19)13-9-6-8-12(11-13)7-4-2-1-3-5-10-14(20)15(21)22/h6,8-9,11H,1-5,7,10H2,(H,21,22). The van der Waals surface area contributed by atoms with Gasteiger partial charge in [0.1, 0.15) is 0 Å². The number of aryl methyl sites for hydroxylation is 1. The van der Waals surface area contributed by atoms with Crippen LogP contribution in [0.5, 0.6) is 0 Å². The molecule has 1 rings (SSSR count). The maximum absolute atomic E-state index is 12.5. The van der Waals surface area contributed by atoms with Gasteiger partial charge in [-0.05, 0) is 30.9 Å². The van der Waals surface area contributed by atoms with Crippen molar-refractivity contribution in [1.82, 2.24) is 0 Å². The summed E-state index contributed by atoms with van der Waals surface area (Å²) < 4.78 is 37.6. The van der Waals surface area contributed by atoms with Crippen LogP contribution in [0.25, 0.3) is 0 Å². The first-order valence-corrected chi connectivity index (χ1v) is 7.23. The number of carbonyl (C=O) groups excluding carboxylic acids is 1. The molecular formula is C16H19F3O3. The van der Waals surface area contributed by atoms with Gasteiger partial charge in [-0.2, -0.15) is 13.2 Å². The van der Waals surface area contributed by atoms with Crippen LogP contribution in [0.15, 0.2) is 24.3 Å². The van der Waals surface area contributed by atoms with Gasteiger partial charge < -0.3 is 5.11 Å². The van der Waals surface area contributed by atoms with Gasteiger partial charge in [0.2, 0.25) is 5.78 Å². The van der Waals surface area contributed by atoms with Crippen molar-refractivity contribution in [2.24, 2.45) is 0 Å². The zero-order valence-corrected chi connectivity index (χ0v) is 12.2. The molecule has 0 aliphatic rings. The number of unbranched alkanes of at least 4 members (excludes halogenated alkanes) is 4. The maximum atomic E-state index is 12.5. The molecule has 0 aliphatic carbocycles. The van der Waals surface area contributed by atoms with Crippen LogP contribution >= 0.6 is 0 Å². The third-order valence-corrected chi connectivity index (χ3v) is 3.36. The molecule has 0 unspecified atom stereocenters. The van der Waals surface area contributed by atoms with E-state index in [9.17, 15) is 22.8 Å². The normalized spacial score (nSPS) is 11.4. The highest BCUT2D eigenvalue weighted by molar-refractivity contribution is 6.32. The molecule has 0 saturated heterocycles. The molecular weight excluding hydrogens is 297 g/mol. The molecule has 0 atom stereocenters. The van der Waals surface area contributed by atoms with Crippen LogP contribution < -0.4 is 0 Å². The Morgan fingerprint density at radius 1 is 1.00 bits per heavy atom. The lowest BCUT2D eigenvalue weighted by Crippen LogP contribution is -2.11. The molecule has 0 spiro atoms. The average molecular weight is 316 g/mol. The summed E-state index contributed by atoms with van der Waals surface area (Å²) in [6.45, 7) is 0. The van der Waals surface area contributed by atoms with Crippen LogP contribution in [0.2, 0.25) is 0 Å². The summed E-state index contributed by atoms with van der Waals surface area (Å²) in [7, 11) is 0. The van der Waals surface area contributed by atoms with Gasteiger partial charge in [-0.25, -0.2) is 4.79 Å². The van der Waals surface area contributed by atoms with Crippen molar-refractivity contribution in [3.8, 4) is 0 Å². The van der Waals surface area contributed by atoms with E-state index >= 15 is 0 Å². The number of Topliss-reactive ketones (excluding diaryl/α,β-unsaturated/α-hetero) is 1. The number of carboxylic acid groups (broad SMARTS) is 1. The Kier molecular flexibility index (Phi) is 7.08. The summed E-state index contributed by atoms with van der Waals surface area (Å²) in [6.07, 6.45) is 0.0570. The highest BCUT2D eigenvalue weighted by Crippen LogP contribution is 2.29. The first-order valence-electron chi connectivity index (χ1n) is 7.23. The number of benzene rings is 1. The number of alkyl halides is 3. The highest BCUT2D eigenvalue weighted by Gasteiger charge is 2.30. The molecule has 1 N–H and O–H groups in total. The average Bonchev–Trinajstić information content (AvgIpc) is 2.45. The summed E-state index contributed by atoms with van der Waals surface area (Å²) in [5.41, 5.74) is 0.0352. The molecule has 0 heterocycles. The van der Waals surface area contributed by atoms with Crippen molar-refractivity contribution < 1.29 is 27.9 Å². The van der Waals surface area contributed by atoms with Gasteiger partial charge in [0.05, 0.1) is 5.56 Å². The van der Waals surface area contributed by atoms with Crippen LogP contribution in [0, 0.1) is 0 Å². The van der Waals surface area contributed by atoms with Crippen molar-refractivity contribution >= 4 is 11.8 Å². The molecule has 122 valence electrons. The molecule has 0 radical (unpaired) electrons. The Bertz CT molecular complexity index is 510. The Morgan fingerprint density at radius 2 is 1.64 bits per heavy atom. The van der Waals surface area contributed by atoms with Crippen LogP contribution in [0.3, 0.4) is 0 Å². The minimum Gasteiger partial charge on any atom is -0.476 e. The van der Waals surface area contributed by atoms with Gasteiger partial charge >= 0.3 is 12.1 Å². The van der Waals surface area contributed by atoms with Gasteiger partial charge in [0, 0.05) is 6.42 Å². The van der Waals surface area contributed by atoms with E-state index < -0.39 is 23.5 Å². The third-order valence-electron chi connectivity index (χ3n) is 3.36. The first kappa shape index (κ1) is 18.2. The molecule has 3 nitrogen and oxygen atoms in total. The number of carboxylic acids is 1. The third kappa shape index (κ3) is 6.74. The van der Waals surface area contributed by atoms with Crippen molar-refractivity contribution in [2.75, 3.05) is 0 Å². The van der Waals surface area contributed by atoms with Crippen molar-refractivity contribution in [2.45, 2.75) is 51.1 Å². The molecule has 1 aromatic rings. The van der Waals surface area contributed by atoms with Gasteiger partial charge in [0.25, 0.3) is 0 Å². The van der Waals surface area contributed by atoms with E-state index in [1.54, 1.807) is 6.07 Å².